The SMILES string of the molecule is C[P+](c1ccccc1)(c1ccccc1)c1ccccc1.[I-].c1ccc(P(c2ccccc2)c2ccccc2)cc1. The number of benzene rings is 6. The van der Waals surface area contributed by atoms with Crippen LogP contribution in [0.1, 0.15) is 0 Å². The molecule has 0 saturated carbocycles. The van der Waals surface area contributed by atoms with Gasteiger partial charge in [0.15, 0.2) is 0 Å². The quantitative estimate of drug-likeness (QED) is 0.186. The van der Waals surface area contributed by atoms with Gasteiger partial charge in [0.05, 0.1) is 6.66 Å². The van der Waals surface area contributed by atoms with E-state index in [0.29, 0.717) is 0 Å². The van der Waals surface area contributed by atoms with Gasteiger partial charge in [-0.1, -0.05) is 146 Å². The van der Waals surface area contributed by atoms with Crippen molar-refractivity contribution in [2.75, 3.05) is 6.66 Å². The Morgan fingerprint density at radius 1 is 0.325 bits per heavy atom. The maximum absolute atomic E-state index is 2.41. The number of hydrogen-bond acceptors (Lipinski definition) is 0. The van der Waals surface area contributed by atoms with E-state index in [9.17, 15) is 0 Å². The zero-order chi connectivity index (χ0) is 26.8. The molecule has 0 aliphatic carbocycles. The highest BCUT2D eigenvalue weighted by molar-refractivity contribution is 7.95. The minimum absolute atomic E-state index is 0. The van der Waals surface area contributed by atoms with Gasteiger partial charge in [0.25, 0.3) is 0 Å². The highest BCUT2D eigenvalue weighted by Crippen LogP contribution is 2.51. The van der Waals surface area contributed by atoms with Crippen molar-refractivity contribution in [3.05, 3.63) is 182 Å². The summed E-state index contributed by atoms with van der Waals surface area (Å²) in [6.45, 7) is 2.41. The topological polar surface area (TPSA) is 0 Å². The van der Waals surface area contributed by atoms with Crippen LogP contribution < -0.4 is 55.8 Å². The first-order valence-corrected chi connectivity index (χ1v) is 16.8. The van der Waals surface area contributed by atoms with Gasteiger partial charge in [-0.3, -0.25) is 0 Å². The minimum atomic E-state index is -1.53. The molecule has 0 spiro atoms. The maximum atomic E-state index is 2.41. The van der Waals surface area contributed by atoms with Crippen molar-refractivity contribution in [1.29, 1.82) is 0 Å². The van der Waals surface area contributed by atoms with Crippen molar-refractivity contribution in [3.63, 3.8) is 0 Å². The molecule has 0 bridgehead atoms. The van der Waals surface area contributed by atoms with Crippen molar-refractivity contribution in [1.82, 2.24) is 0 Å². The van der Waals surface area contributed by atoms with E-state index in [0.717, 1.165) is 0 Å². The fourth-order valence-corrected chi connectivity index (χ4v) is 10.3. The minimum Gasteiger partial charge on any atom is -1.00 e. The molecule has 198 valence electrons. The Labute approximate surface area is 258 Å². The summed E-state index contributed by atoms with van der Waals surface area (Å²) in [5.74, 6) is 0. The number of rotatable bonds is 6. The molecule has 0 aromatic heterocycles. The van der Waals surface area contributed by atoms with Crippen LogP contribution in [0.4, 0.5) is 0 Å². The Balaban J connectivity index is 0.000000181. The van der Waals surface area contributed by atoms with Crippen LogP contribution in [0.2, 0.25) is 0 Å². The van der Waals surface area contributed by atoms with E-state index in [1.807, 2.05) is 0 Å². The summed E-state index contributed by atoms with van der Waals surface area (Å²) in [5.41, 5.74) is 0. The second-order valence-corrected chi connectivity index (χ2v) is 15.1. The van der Waals surface area contributed by atoms with Crippen molar-refractivity contribution < 1.29 is 24.0 Å². The lowest BCUT2D eigenvalue weighted by Crippen LogP contribution is -3.00. The van der Waals surface area contributed by atoms with E-state index in [-0.39, 0.29) is 24.0 Å². The molecular formula is C37H33IP2. The Bertz CT molecular complexity index is 1340. The molecule has 6 rings (SSSR count). The average Bonchev–Trinajstić information content (AvgIpc) is 3.04. The van der Waals surface area contributed by atoms with Crippen LogP contribution in [0.15, 0.2) is 182 Å². The predicted molar refractivity (Wildman–Crippen MR) is 176 cm³/mol. The third-order valence-corrected chi connectivity index (χ3v) is 13.3. The summed E-state index contributed by atoms with van der Waals surface area (Å²) in [5, 5.41) is 8.48. The highest BCUT2D eigenvalue weighted by atomic mass is 127. The zero-order valence-electron chi connectivity index (χ0n) is 22.6. The van der Waals surface area contributed by atoms with Crippen LogP contribution >= 0.6 is 15.2 Å². The monoisotopic (exact) mass is 666 g/mol. The molecule has 0 fully saturated rings. The molecule has 0 N–H and O–H groups in total. The molecule has 3 heteroatoms. The largest absolute Gasteiger partial charge is 1.00 e. The molecule has 0 aliphatic heterocycles. The molecule has 0 aliphatic rings. The van der Waals surface area contributed by atoms with Crippen LogP contribution in [0.5, 0.6) is 0 Å². The summed E-state index contributed by atoms with van der Waals surface area (Å²) < 4.78 is 0. The maximum Gasteiger partial charge on any atom is 0.109 e. The van der Waals surface area contributed by atoms with Gasteiger partial charge in [-0.05, 0) is 60.2 Å². The van der Waals surface area contributed by atoms with Gasteiger partial charge in [0.1, 0.15) is 23.2 Å². The van der Waals surface area contributed by atoms with Gasteiger partial charge in [-0.25, -0.2) is 0 Å². The highest BCUT2D eigenvalue weighted by Gasteiger charge is 2.39. The first-order chi connectivity index (χ1) is 19.3. The van der Waals surface area contributed by atoms with E-state index in [4.69, 9.17) is 0 Å². The molecule has 0 atom stereocenters. The van der Waals surface area contributed by atoms with Crippen LogP contribution in [0.3, 0.4) is 0 Å². The zero-order valence-corrected chi connectivity index (χ0v) is 26.5. The van der Waals surface area contributed by atoms with Crippen molar-refractivity contribution in [2.24, 2.45) is 0 Å². The average molecular weight is 667 g/mol. The summed E-state index contributed by atoms with van der Waals surface area (Å²) in [6, 6.07) is 65.0. The molecule has 6 aromatic rings. The van der Waals surface area contributed by atoms with E-state index in [1.54, 1.807) is 0 Å². The molecule has 0 saturated heterocycles. The van der Waals surface area contributed by atoms with Gasteiger partial charge in [0.2, 0.25) is 0 Å². The van der Waals surface area contributed by atoms with Crippen LogP contribution in [0, 0.1) is 0 Å². The molecule has 0 unspecified atom stereocenters. The van der Waals surface area contributed by atoms with Gasteiger partial charge < -0.3 is 24.0 Å². The molecule has 0 nitrogen and oxygen atoms in total. The first kappa shape index (κ1) is 29.9. The molecular weight excluding hydrogens is 633 g/mol. The van der Waals surface area contributed by atoms with Crippen molar-refractivity contribution in [2.45, 2.75) is 0 Å². The van der Waals surface area contributed by atoms with E-state index in [2.05, 4.69) is 189 Å². The summed E-state index contributed by atoms with van der Waals surface area (Å²) in [6.07, 6.45) is 0. The van der Waals surface area contributed by atoms with Crippen LogP contribution in [-0.2, 0) is 0 Å². The lowest BCUT2D eigenvalue weighted by molar-refractivity contribution is -0.00000745. The fourth-order valence-electron chi connectivity index (χ4n) is 4.80. The Morgan fingerprint density at radius 3 is 0.750 bits per heavy atom. The second kappa shape index (κ2) is 15.1. The second-order valence-electron chi connectivity index (χ2n) is 9.35. The molecule has 0 amide bonds. The molecule has 0 radical (unpaired) electrons. The first-order valence-electron chi connectivity index (χ1n) is 13.3. The normalized spacial score (nSPS) is 10.7. The van der Waals surface area contributed by atoms with E-state index >= 15 is 0 Å². The van der Waals surface area contributed by atoms with Gasteiger partial charge in [0, 0.05) is 0 Å². The molecule has 6 aromatic carbocycles. The van der Waals surface area contributed by atoms with Crippen LogP contribution in [0.25, 0.3) is 0 Å². The number of hydrogen-bond donors (Lipinski definition) is 0. The Kier molecular flexibility index (Phi) is 11.2. The summed E-state index contributed by atoms with van der Waals surface area (Å²) >= 11 is 0. The third kappa shape index (κ3) is 7.15. The van der Waals surface area contributed by atoms with E-state index in [1.165, 1.54) is 31.8 Å². The Morgan fingerprint density at radius 2 is 0.525 bits per heavy atom. The smallest absolute Gasteiger partial charge is 0.109 e. The number of halogens is 1. The summed E-state index contributed by atoms with van der Waals surface area (Å²) in [7, 11) is -1.97. The fraction of sp³-hybridized carbons (Fsp3) is 0.0270. The lowest BCUT2D eigenvalue weighted by atomic mass is 10.4. The molecule has 0 heterocycles. The molecule has 40 heavy (non-hydrogen) atoms. The Hall–Kier alpha value is -3.09. The predicted octanol–water partition coefficient (Wildman–Crippen LogP) is 4.06. The van der Waals surface area contributed by atoms with Gasteiger partial charge in [-0.2, -0.15) is 0 Å². The van der Waals surface area contributed by atoms with Gasteiger partial charge in [-0.15, -0.1) is 0 Å². The third-order valence-electron chi connectivity index (χ3n) is 6.86. The van der Waals surface area contributed by atoms with Crippen molar-refractivity contribution >= 4 is 47.0 Å². The summed E-state index contributed by atoms with van der Waals surface area (Å²) in [4.78, 5) is 0. The van der Waals surface area contributed by atoms with E-state index < -0.39 is 15.2 Å². The van der Waals surface area contributed by atoms with Gasteiger partial charge >= 0.3 is 0 Å². The standard InChI is InChI=1S/C19H18P.C18H15P.HI/c1-20(17-11-5-2-6-12-17,18-13-7-3-8-14-18)19-15-9-4-10-16-19;1-4-10-16(11-5-1)19(17-12-6-2-7-13-17)18-14-8-3-9-15-18;/h2-16H,1H3;1-15H;1H/q+1;;/p-1. The van der Waals surface area contributed by atoms with Crippen LogP contribution in [-0.4, -0.2) is 6.66 Å². The lowest BCUT2D eigenvalue weighted by Gasteiger charge is -2.22. The van der Waals surface area contributed by atoms with Crippen molar-refractivity contribution in [3.8, 4) is 0 Å².